The SMILES string of the molecule is CCC(Nc1ccc(I)cc1)C(=O)N/N=C/c1cccs1. The second kappa shape index (κ2) is 8.14. The van der Waals surface area contributed by atoms with Crippen LogP contribution in [-0.4, -0.2) is 18.2 Å². The Hall–Kier alpha value is -1.41. The molecule has 0 aliphatic rings. The molecule has 0 saturated heterocycles. The molecule has 0 bridgehead atoms. The van der Waals surface area contributed by atoms with Gasteiger partial charge >= 0.3 is 0 Å². The number of carbonyl (C=O) groups excluding carboxylic acids is 1. The van der Waals surface area contributed by atoms with E-state index in [0.717, 1.165) is 14.1 Å². The molecule has 1 aromatic heterocycles. The molecule has 4 nitrogen and oxygen atoms in total. The van der Waals surface area contributed by atoms with Crippen molar-refractivity contribution in [3.8, 4) is 0 Å². The molecule has 0 aliphatic heterocycles. The highest BCUT2D eigenvalue weighted by Gasteiger charge is 2.15. The third kappa shape index (κ3) is 5.13. The van der Waals surface area contributed by atoms with Crippen LogP contribution in [0.25, 0.3) is 0 Å². The standard InChI is InChI=1S/C15H16IN3OS/c1-2-14(18-12-7-5-11(16)6-8-12)15(20)19-17-10-13-4-3-9-21-13/h3-10,14,18H,2H2,1H3,(H,19,20)/b17-10+. The number of carbonyl (C=O) groups is 1. The van der Waals surface area contributed by atoms with Crippen molar-refractivity contribution in [2.45, 2.75) is 19.4 Å². The summed E-state index contributed by atoms with van der Waals surface area (Å²) < 4.78 is 1.16. The molecule has 2 N–H and O–H groups in total. The molecule has 1 heterocycles. The largest absolute Gasteiger partial charge is 0.374 e. The van der Waals surface area contributed by atoms with Crippen molar-refractivity contribution in [2.24, 2.45) is 5.10 Å². The number of nitrogens with one attached hydrogen (secondary N) is 2. The lowest BCUT2D eigenvalue weighted by Crippen LogP contribution is -2.36. The maximum Gasteiger partial charge on any atom is 0.262 e. The van der Waals surface area contributed by atoms with Crippen molar-refractivity contribution in [3.63, 3.8) is 0 Å². The fraction of sp³-hybridized carbons (Fsp3) is 0.200. The van der Waals surface area contributed by atoms with Crippen molar-refractivity contribution in [2.75, 3.05) is 5.32 Å². The summed E-state index contributed by atoms with van der Waals surface area (Å²) in [5.74, 6) is -0.135. The molecule has 0 radical (unpaired) electrons. The van der Waals surface area contributed by atoms with Gasteiger partial charge in [-0.1, -0.05) is 13.0 Å². The van der Waals surface area contributed by atoms with Gasteiger partial charge in [0.25, 0.3) is 5.91 Å². The number of hydrazone groups is 1. The monoisotopic (exact) mass is 413 g/mol. The van der Waals surface area contributed by atoms with Crippen LogP contribution < -0.4 is 10.7 Å². The van der Waals surface area contributed by atoms with Gasteiger partial charge in [-0.05, 0) is 64.7 Å². The minimum absolute atomic E-state index is 0.135. The van der Waals surface area contributed by atoms with E-state index in [1.54, 1.807) is 17.6 Å². The molecule has 6 heteroatoms. The average Bonchev–Trinajstić information content (AvgIpc) is 3.00. The molecule has 1 atom stereocenters. The summed E-state index contributed by atoms with van der Waals surface area (Å²) in [4.78, 5) is 13.1. The van der Waals surface area contributed by atoms with Crippen LogP contribution in [0.4, 0.5) is 5.69 Å². The lowest BCUT2D eigenvalue weighted by atomic mass is 10.2. The molecule has 1 unspecified atom stereocenters. The van der Waals surface area contributed by atoms with Gasteiger partial charge in [0, 0.05) is 14.1 Å². The first-order valence-corrected chi connectivity index (χ1v) is 8.53. The van der Waals surface area contributed by atoms with E-state index in [9.17, 15) is 4.79 Å². The summed E-state index contributed by atoms with van der Waals surface area (Å²) in [5.41, 5.74) is 3.51. The molecule has 0 fully saturated rings. The summed E-state index contributed by atoms with van der Waals surface area (Å²) in [6, 6.07) is 11.5. The number of benzene rings is 1. The summed E-state index contributed by atoms with van der Waals surface area (Å²) >= 11 is 3.83. The quantitative estimate of drug-likeness (QED) is 0.431. The van der Waals surface area contributed by atoms with Crippen LogP contribution in [0.3, 0.4) is 0 Å². The third-order valence-electron chi connectivity index (χ3n) is 2.82. The maximum atomic E-state index is 12.1. The van der Waals surface area contributed by atoms with Gasteiger partial charge in [0.2, 0.25) is 0 Å². The van der Waals surface area contributed by atoms with Crippen LogP contribution in [0.5, 0.6) is 0 Å². The first-order chi connectivity index (χ1) is 10.2. The number of amides is 1. The maximum absolute atomic E-state index is 12.1. The summed E-state index contributed by atoms with van der Waals surface area (Å²) in [7, 11) is 0. The topological polar surface area (TPSA) is 53.5 Å². The van der Waals surface area contributed by atoms with Gasteiger partial charge in [-0.3, -0.25) is 4.79 Å². The first-order valence-electron chi connectivity index (χ1n) is 6.57. The van der Waals surface area contributed by atoms with Crippen LogP contribution >= 0.6 is 33.9 Å². The number of nitrogens with zero attached hydrogens (tertiary/aromatic N) is 1. The van der Waals surface area contributed by atoms with E-state index < -0.39 is 0 Å². The van der Waals surface area contributed by atoms with E-state index in [4.69, 9.17) is 0 Å². The van der Waals surface area contributed by atoms with E-state index in [2.05, 4.69) is 38.4 Å². The summed E-state index contributed by atoms with van der Waals surface area (Å²) in [6.45, 7) is 1.97. The Labute approximate surface area is 141 Å². The van der Waals surface area contributed by atoms with Gasteiger partial charge in [-0.15, -0.1) is 11.3 Å². The Morgan fingerprint density at radius 2 is 2.14 bits per heavy atom. The Morgan fingerprint density at radius 3 is 2.76 bits per heavy atom. The van der Waals surface area contributed by atoms with Gasteiger partial charge in [0.15, 0.2) is 0 Å². The van der Waals surface area contributed by atoms with E-state index in [1.165, 1.54) is 0 Å². The zero-order chi connectivity index (χ0) is 15.1. The zero-order valence-corrected chi connectivity index (χ0v) is 14.5. The fourth-order valence-electron chi connectivity index (χ4n) is 1.70. The number of hydrogen-bond acceptors (Lipinski definition) is 4. The van der Waals surface area contributed by atoms with Crippen molar-refractivity contribution < 1.29 is 4.79 Å². The highest BCUT2D eigenvalue weighted by molar-refractivity contribution is 14.1. The average molecular weight is 413 g/mol. The van der Waals surface area contributed by atoms with Gasteiger partial charge < -0.3 is 5.32 Å². The molecule has 110 valence electrons. The molecule has 0 spiro atoms. The Kier molecular flexibility index (Phi) is 6.19. The number of rotatable bonds is 6. The van der Waals surface area contributed by atoms with Gasteiger partial charge in [0.05, 0.1) is 6.21 Å². The zero-order valence-electron chi connectivity index (χ0n) is 11.5. The van der Waals surface area contributed by atoms with Crippen LogP contribution in [-0.2, 0) is 4.79 Å². The van der Waals surface area contributed by atoms with Gasteiger partial charge in [-0.2, -0.15) is 5.10 Å². The van der Waals surface area contributed by atoms with E-state index >= 15 is 0 Å². The Morgan fingerprint density at radius 1 is 1.38 bits per heavy atom. The number of halogens is 1. The van der Waals surface area contributed by atoms with Crippen molar-refractivity contribution in [1.29, 1.82) is 0 Å². The molecular weight excluding hydrogens is 397 g/mol. The van der Waals surface area contributed by atoms with Crippen molar-refractivity contribution >= 4 is 51.7 Å². The highest BCUT2D eigenvalue weighted by Crippen LogP contribution is 2.13. The van der Waals surface area contributed by atoms with Crippen molar-refractivity contribution in [1.82, 2.24) is 5.43 Å². The van der Waals surface area contributed by atoms with Crippen molar-refractivity contribution in [3.05, 3.63) is 50.2 Å². The van der Waals surface area contributed by atoms with Crippen LogP contribution in [0, 0.1) is 3.57 Å². The van der Waals surface area contributed by atoms with Crippen LogP contribution in [0.15, 0.2) is 46.9 Å². The summed E-state index contributed by atoms with van der Waals surface area (Å²) in [6.07, 6.45) is 2.34. The van der Waals surface area contributed by atoms with Crippen LogP contribution in [0.2, 0.25) is 0 Å². The molecule has 2 aromatic rings. The predicted molar refractivity (Wildman–Crippen MR) is 96.9 cm³/mol. The third-order valence-corrected chi connectivity index (χ3v) is 4.35. The lowest BCUT2D eigenvalue weighted by Gasteiger charge is -2.16. The fourth-order valence-corrected chi connectivity index (χ4v) is 2.65. The molecule has 2 rings (SSSR count). The minimum atomic E-state index is -0.300. The lowest BCUT2D eigenvalue weighted by molar-refractivity contribution is -0.121. The molecule has 0 saturated carbocycles. The van der Waals surface area contributed by atoms with Gasteiger partial charge in [-0.25, -0.2) is 5.43 Å². The minimum Gasteiger partial charge on any atom is -0.374 e. The number of hydrogen-bond donors (Lipinski definition) is 2. The number of thiophene rings is 1. The molecule has 1 aromatic carbocycles. The first kappa shape index (κ1) is 16.0. The smallest absolute Gasteiger partial charge is 0.262 e. The van der Waals surface area contributed by atoms with Gasteiger partial charge in [0.1, 0.15) is 6.04 Å². The van der Waals surface area contributed by atoms with Crippen LogP contribution in [0.1, 0.15) is 18.2 Å². The second-order valence-corrected chi connectivity index (χ2v) is 6.59. The summed E-state index contributed by atoms with van der Waals surface area (Å²) in [5, 5.41) is 9.16. The Bertz CT molecular complexity index is 596. The molecule has 0 aliphatic carbocycles. The number of anilines is 1. The van der Waals surface area contributed by atoms with E-state index in [0.29, 0.717) is 6.42 Å². The Balaban J connectivity index is 1.90. The molecule has 1 amide bonds. The normalized spacial score (nSPS) is 12.3. The highest BCUT2D eigenvalue weighted by atomic mass is 127. The van der Waals surface area contributed by atoms with E-state index in [1.807, 2.05) is 48.7 Å². The van der Waals surface area contributed by atoms with E-state index in [-0.39, 0.29) is 11.9 Å². The predicted octanol–water partition coefficient (Wildman–Crippen LogP) is 3.69. The molecule has 21 heavy (non-hydrogen) atoms. The molecular formula is C15H16IN3OS. The second-order valence-electron chi connectivity index (χ2n) is 4.36.